The van der Waals surface area contributed by atoms with Gasteiger partial charge in [-0.2, -0.15) is 0 Å². The van der Waals surface area contributed by atoms with Crippen LogP contribution in [0.4, 0.5) is 0 Å². The maximum Gasteiger partial charge on any atom is 0.142 e. The summed E-state index contributed by atoms with van der Waals surface area (Å²) in [5.41, 5.74) is 4.02. The minimum atomic E-state index is 0.805. The lowest BCUT2D eigenvalue weighted by molar-refractivity contribution is -0.104. The maximum absolute atomic E-state index is 10.1. The third-order valence-corrected chi connectivity index (χ3v) is 2.26. The van der Waals surface area contributed by atoms with Crippen molar-refractivity contribution in [2.45, 2.75) is 12.8 Å². The van der Waals surface area contributed by atoms with E-state index in [4.69, 9.17) is 0 Å². The van der Waals surface area contributed by atoms with Gasteiger partial charge in [0.15, 0.2) is 0 Å². The molecule has 60 valence electrons. The van der Waals surface area contributed by atoms with Crippen LogP contribution in [-0.2, 0) is 17.6 Å². The van der Waals surface area contributed by atoms with E-state index in [2.05, 4.69) is 18.2 Å². The van der Waals surface area contributed by atoms with E-state index in [0.29, 0.717) is 0 Å². The second-order valence-corrected chi connectivity index (χ2v) is 3.02. The van der Waals surface area contributed by atoms with Gasteiger partial charge in [0.1, 0.15) is 6.29 Å². The third-order valence-electron chi connectivity index (χ3n) is 2.26. The Bertz CT molecular complexity index is 337. The van der Waals surface area contributed by atoms with E-state index >= 15 is 0 Å². The molecule has 1 aromatic carbocycles. The molecule has 2 rings (SSSR count). The average molecular weight is 158 g/mol. The van der Waals surface area contributed by atoms with Crippen LogP contribution < -0.4 is 0 Å². The minimum Gasteiger partial charge on any atom is -0.299 e. The first-order valence-electron chi connectivity index (χ1n) is 4.14. The Morgan fingerprint density at radius 1 is 1.17 bits per heavy atom. The molecule has 0 spiro atoms. The van der Waals surface area contributed by atoms with E-state index in [-0.39, 0.29) is 0 Å². The maximum atomic E-state index is 10.1. The fraction of sp³-hybridized carbons (Fsp3) is 0.182. The number of rotatable bonds is 2. The van der Waals surface area contributed by atoms with Gasteiger partial charge in [-0.1, -0.05) is 24.3 Å². The number of carbonyl (C=O) groups is 1. The lowest BCUT2D eigenvalue weighted by Gasteiger charge is -2.18. The summed E-state index contributed by atoms with van der Waals surface area (Å²) in [5, 5.41) is 0. The summed E-state index contributed by atoms with van der Waals surface area (Å²) >= 11 is 0. The number of allylic oxidation sites excluding steroid dienone is 1. The van der Waals surface area contributed by atoms with E-state index in [1.807, 2.05) is 6.08 Å². The Balaban J connectivity index is 2.29. The van der Waals surface area contributed by atoms with Gasteiger partial charge in [-0.3, -0.25) is 4.79 Å². The van der Waals surface area contributed by atoms with Crippen LogP contribution in [0.15, 0.2) is 24.3 Å². The van der Waals surface area contributed by atoms with Crippen molar-refractivity contribution in [2.75, 3.05) is 0 Å². The van der Waals surface area contributed by atoms with Crippen molar-refractivity contribution in [1.29, 1.82) is 0 Å². The van der Waals surface area contributed by atoms with Crippen LogP contribution in [0.3, 0.4) is 0 Å². The number of carbonyl (C=O) groups excluding carboxylic acids is 1. The first-order chi connectivity index (χ1) is 5.90. The van der Waals surface area contributed by atoms with E-state index in [1.54, 1.807) is 0 Å². The molecule has 1 heteroatoms. The summed E-state index contributed by atoms with van der Waals surface area (Å²) in [4.78, 5) is 10.1. The second-order valence-electron chi connectivity index (χ2n) is 3.02. The molecule has 0 unspecified atom stereocenters. The van der Waals surface area contributed by atoms with Gasteiger partial charge in [-0.25, -0.2) is 0 Å². The van der Waals surface area contributed by atoms with Gasteiger partial charge in [-0.05, 0) is 35.6 Å². The molecular weight excluding hydrogens is 148 g/mol. The lowest BCUT2D eigenvalue weighted by atomic mass is 9.87. The third kappa shape index (κ3) is 1.18. The van der Waals surface area contributed by atoms with Gasteiger partial charge in [0, 0.05) is 0 Å². The van der Waals surface area contributed by atoms with Crippen molar-refractivity contribution < 1.29 is 4.79 Å². The molecule has 0 saturated heterocycles. The largest absolute Gasteiger partial charge is 0.299 e. The van der Waals surface area contributed by atoms with E-state index in [9.17, 15) is 4.79 Å². The Morgan fingerprint density at radius 3 is 2.58 bits per heavy atom. The predicted octanol–water partition coefficient (Wildman–Crippen LogP) is 2.00. The Morgan fingerprint density at radius 2 is 2.00 bits per heavy atom. The summed E-state index contributed by atoms with van der Waals surface area (Å²) in [7, 11) is 0. The predicted molar refractivity (Wildman–Crippen MR) is 48.9 cm³/mol. The monoisotopic (exact) mass is 158 g/mol. The molecule has 0 bridgehead atoms. The van der Waals surface area contributed by atoms with Crippen molar-refractivity contribution in [2.24, 2.45) is 0 Å². The number of aryl methyl sites for hydroxylation is 2. The first kappa shape index (κ1) is 7.29. The molecular formula is C11H10O. The van der Waals surface area contributed by atoms with Crippen LogP contribution in [-0.4, -0.2) is 6.29 Å². The highest BCUT2D eigenvalue weighted by Gasteiger charge is 2.11. The molecule has 0 fully saturated rings. The molecule has 1 nitrogen and oxygen atoms in total. The summed E-state index contributed by atoms with van der Waals surface area (Å²) < 4.78 is 0. The fourth-order valence-corrected chi connectivity index (χ4v) is 1.47. The SMILES string of the molecule is O=C/C=C/c1ccc2c(c1)CC2. The molecule has 0 atom stereocenters. The van der Waals surface area contributed by atoms with Crippen molar-refractivity contribution in [3.05, 3.63) is 41.0 Å². The topological polar surface area (TPSA) is 17.1 Å². The smallest absolute Gasteiger partial charge is 0.142 e. The Kier molecular flexibility index (Phi) is 1.78. The number of hydrogen-bond donors (Lipinski definition) is 0. The quantitative estimate of drug-likeness (QED) is 0.475. The van der Waals surface area contributed by atoms with Gasteiger partial charge in [0.2, 0.25) is 0 Å². The van der Waals surface area contributed by atoms with Crippen molar-refractivity contribution in [1.82, 2.24) is 0 Å². The molecule has 1 aliphatic carbocycles. The number of fused-ring (bicyclic) bond motifs is 1. The van der Waals surface area contributed by atoms with Crippen LogP contribution in [0.2, 0.25) is 0 Å². The minimum absolute atomic E-state index is 0.805. The molecule has 12 heavy (non-hydrogen) atoms. The van der Waals surface area contributed by atoms with Gasteiger partial charge >= 0.3 is 0 Å². The summed E-state index contributed by atoms with van der Waals surface area (Å²) in [5.74, 6) is 0. The van der Waals surface area contributed by atoms with Crippen LogP contribution >= 0.6 is 0 Å². The molecule has 0 heterocycles. The number of benzene rings is 1. The van der Waals surface area contributed by atoms with Gasteiger partial charge in [0.25, 0.3) is 0 Å². The standard InChI is InChI=1S/C11H10O/c12-7-1-2-9-3-4-10-5-6-11(10)8-9/h1-4,7-8H,5-6H2/b2-1+. The first-order valence-corrected chi connectivity index (χ1v) is 4.14. The molecule has 0 saturated carbocycles. The second kappa shape index (κ2) is 2.94. The highest BCUT2D eigenvalue weighted by Crippen LogP contribution is 2.23. The van der Waals surface area contributed by atoms with Gasteiger partial charge in [-0.15, -0.1) is 0 Å². The zero-order valence-corrected chi connectivity index (χ0v) is 6.79. The van der Waals surface area contributed by atoms with Crippen molar-refractivity contribution in [3.63, 3.8) is 0 Å². The highest BCUT2D eigenvalue weighted by atomic mass is 16.1. The van der Waals surface area contributed by atoms with Crippen LogP contribution in [0.1, 0.15) is 16.7 Å². The number of hydrogen-bond acceptors (Lipinski definition) is 1. The Hall–Kier alpha value is -1.37. The van der Waals surface area contributed by atoms with E-state index < -0.39 is 0 Å². The van der Waals surface area contributed by atoms with Gasteiger partial charge < -0.3 is 0 Å². The lowest BCUT2D eigenvalue weighted by Crippen LogP contribution is -2.07. The van der Waals surface area contributed by atoms with Crippen LogP contribution in [0.5, 0.6) is 0 Å². The zero-order valence-electron chi connectivity index (χ0n) is 6.79. The van der Waals surface area contributed by atoms with Crippen LogP contribution in [0.25, 0.3) is 6.08 Å². The molecule has 0 aliphatic heterocycles. The van der Waals surface area contributed by atoms with Crippen molar-refractivity contribution in [3.8, 4) is 0 Å². The summed E-state index contributed by atoms with van der Waals surface area (Å²) in [6.45, 7) is 0. The molecule has 0 aromatic heterocycles. The Labute approximate surface area is 71.7 Å². The van der Waals surface area contributed by atoms with E-state index in [0.717, 1.165) is 11.8 Å². The average Bonchev–Trinajstić information content (AvgIpc) is 2.05. The van der Waals surface area contributed by atoms with Crippen LogP contribution in [0, 0.1) is 0 Å². The van der Waals surface area contributed by atoms with Gasteiger partial charge in [0.05, 0.1) is 0 Å². The van der Waals surface area contributed by atoms with Crippen molar-refractivity contribution >= 4 is 12.4 Å². The molecule has 0 radical (unpaired) electrons. The normalized spacial score (nSPS) is 14.0. The molecule has 0 N–H and O–H groups in total. The zero-order chi connectivity index (χ0) is 8.39. The molecule has 1 aliphatic rings. The fourth-order valence-electron chi connectivity index (χ4n) is 1.47. The highest BCUT2D eigenvalue weighted by molar-refractivity contribution is 5.74. The number of aldehydes is 1. The summed E-state index contributed by atoms with van der Waals surface area (Å²) in [6.07, 6.45) is 6.58. The molecule has 0 amide bonds. The summed E-state index contributed by atoms with van der Waals surface area (Å²) in [6, 6.07) is 6.35. The van der Waals surface area contributed by atoms with E-state index in [1.165, 1.54) is 30.0 Å². The molecule has 1 aromatic rings.